The summed E-state index contributed by atoms with van der Waals surface area (Å²) < 4.78 is 0. The second kappa shape index (κ2) is 13.6. The van der Waals surface area contributed by atoms with Crippen molar-refractivity contribution in [3.63, 3.8) is 0 Å². The van der Waals surface area contributed by atoms with Gasteiger partial charge in [0.05, 0.1) is 12.5 Å². The molecular weight excluding hydrogens is 446 g/mol. The molecule has 0 aliphatic heterocycles. The minimum Gasteiger partial charge on any atom is -0.481 e. The van der Waals surface area contributed by atoms with Gasteiger partial charge in [0.2, 0.25) is 23.6 Å². The summed E-state index contributed by atoms with van der Waals surface area (Å²) in [6.45, 7) is 3.82. The number of carbonyl (C=O) groups is 7. The van der Waals surface area contributed by atoms with Crippen molar-refractivity contribution in [1.82, 2.24) is 21.3 Å². The van der Waals surface area contributed by atoms with E-state index >= 15 is 0 Å². The van der Waals surface area contributed by atoms with Gasteiger partial charge in [-0.1, -0.05) is 0 Å². The second-order valence-electron chi connectivity index (χ2n) is 7.24. The average Bonchev–Trinajstić information content (AvgIpc) is 2.69. The number of hydrogen-bond acceptors (Lipinski definition) is 8. The van der Waals surface area contributed by atoms with Gasteiger partial charge in [0, 0.05) is 6.42 Å². The predicted octanol–water partition coefficient (Wildman–Crippen LogP) is -3.26. The first kappa shape index (κ1) is 29.2. The molecule has 0 fully saturated rings. The molecule has 0 heterocycles. The molecule has 33 heavy (non-hydrogen) atoms. The van der Waals surface area contributed by atoms with E-state index in [4.69, 9.17) is 21.1 Å². The number of aliphatic carboxylic acids is 3. The summed E-state index contributed by atoms with van der Waals surface area (Å²) >= 11 is 0. The molecule has 5 atom stereocenters. The molecule has 9 N–H and O–H groups in total. The van der Waals surface area contributed by atoms with Crippen LogP contribution in [0.25, 0.3) is 0 Å². The molecule has 0 spiro atoms. The molecule has 0 bridgehead atoms. The normalized spacial score (nSPS) is 15.0. The van der Waals surface area contributed by atoms with E-state index in [1.54, 1.807) is 0 Å². The Bertz CT molecular complexity index is 785. The van der Waals surface area contributed by atoms with Crippen molar-refractivity contribution < 1.29 is 48.9 Å². The maximum Gasteiger partial charge on any atom is 0.326 e. The molecule has 4 amide bonds. The quantitative estimate of drug-likeness (QED) is 0.124. The van der Waals surface area contributed by atoms with E-state index in [9.17, 15) is 33.6 Å². The van der Waals surface area contributed by atoms with E-state index in [1.807, 2.05) is 5.32 Å². The summed E-state index contributed by atoms with van der Waals surface area (Å²) in [5, 5.41) is 35.2. The molecule has 0 aliphatic carbocycles. The van der Waals surface area contributed by atoms with E-state index in [0.29, 0.717) is 0 Å². The van der Waals surface area contributed by atoms with Gasteiger partial charge in [0.15, 0.2) is 0 Å². The standard InChI is InChI=1S/C18H29N5O10/c1-7(19)14(28)22-10(4-5-12(24)25)17(31)21-8(2)15(29)20-9(3)16(30)23-11(18(32)33)6-13(26)27/h7-11H,4-6,19H2,1-3H3,(H,20,29)(H,21,31)(H,22,28)(H,23,30)(H,24,25)(H,26,27)(H,32,33). The summed E-state index contributed by atoms with van der Waals surface area (Å²) in [6.07, 6.45) is -1.60. The van der Waals surface area contributed by atoms with Crippen LogP contribution in [-0.2, 0) is 33.6 Å². The van der Waals surface area contributed by atoms with Gasteiger partial charge in [0.25, 0.3) is 0 Å². The fourth-order valence-electron chi connectivity index (χ4n) is 2.29. The molecule has 5 unspecified atom stereocenters. The molecule has 0 aromatic rings. The van der Waals surface area contributed by atoms with Crippen molar-refractivity contribution in [2.45, 2.75) is 70.2 Å². The highest BCUT2D eigenvalue weighted by Crippen LogP contribution is 2.01. The maximum absolute atomic E-state index is 12.4. The number of nitrogens with two attached hydrogens (primary N) is 1. The van der Waals surface area contributed by atoms with Crippen molar-refractivity contribution in [1.29, 1.82) is 0 Å². The van der Waals surface area contributed by atoms with Crippen molar-refractivity contribution in [3.8, 4) is 0 Å². The lowest BCUT2D eigenvalue weighted by Crippen LogP contribution is -2.57. The summed E-state index contributed by atoms with van der Waals surface area (Å²) in [5.41, 5.74) is 5.42. The van der Waals surface area contributed by atoms with Crippen molar-refractivity contribution in [2.75, 3.05) is 0 Å². The molecule has 0 saturated heterocycles. The average molecular weight is 475 g/mol. The zero-order chi connectivity index (χ0) is 25.9. The minimum absolute atomic E-state index is 0.271. The smallest absolute Gasteiger partial charge is 0.326 e. The first-order valence-electron chi connectivity index (χ1n) is 9.79. The summed E-state index contributed by atoms with van der Waals surface area (Å²) in [7, 11) is 0. The van der Waals surface area contributed by atoms with Crippen molar-refractivity contribution >= 4 is 41.5 Å². The van der Waals surface area contributed by atoms with Crippen LogP contribution in [0.4, 0.5) is 0 Å². The van der Waals surface area contributed by atoms with Crippen molar-refractivity contribution in [2.24, 2.45) is 5.73 Å². The lowest BCUT2D eigenvalue weighted by Gasteiger charge is -2.23. The van der Waals surface area contributed by atoms with Gasteiger partial charge in [-0.3, -0.25) is 28.8 Å². The van der Waals surface area contributed by atoms with Gasteiger partial charge in [-0.2, -0.15) is 0 Å². The number of carboxylic acids is 3. The number of carbonyl (C=O) groups excluding carboxylic acids is 4. The van der Waals surface area contributed by atoms with E-state index < -0.39 is 84.6 Å². The van der Waals surface area contributed by atoms with Crippen LogP contribution in [0.3, 0.4) is 0 Å². The molecule has 0 aromatic heterocycles. The Morgan fingerprint density at radius 2 is 1.12 bits per heavy atom. The van der Waals surface area contributed by atoms with Crippen LogP contribution in [0.2, 0.25) is 0 Å². The van der Waals surface area contributed by atoms with Crippen LogP contribution >= 0.6 is 0 Å². The molecule has 0 radical (unpaired) electrons. The van der Waals surface area contributed by atoms with Crippen LogP contribution in [0.5, 0.6) is 0 Å². The van der Waals surface area contributed by atoms with Crippen LogP contribution in [-0.4, -0.2) is 87.1 Å². The number of nitrogens with one attached hydrogen (secondary N) is 4. The highest BCUT2D eigenvalue weighted by Gasteiger charge is 2.29. The molecule has 186 valence electrons. The highest BCUT2D eigenvalue weighted by molar-refractivity contribution is 5.95. The van der Waals surface area contributed by atoms with Crippen LogP contribution < -0.4 is 27.0 Å². The zero-order valence-corrected chi connectivity index (χ0v) is 18.3. The van der Waals surface area contributed by atoms with Gasteiger partial charge in [-0.05, 0) is 27.2 Å². The van der Waals surface area contributed by atoms with E-state index in [1.165, 1.54) is 20.8 Å². The van der Waals surface area contributed by atoms with Gasteiger partial charge in [-0.15, -0.1) is 0 Å². The van der Waals surface area contributed by atoms with Gasteiger partial charge < -0.3 is 42.3 Å². The molecule has 0 rings (SSSR count). The van der Waals surface area contributed by atoms with Crippen LogP contribution in [0, 0.1) is 0 Å². The van der Waals surface area contributed by atoms with Gasteiger partial charge in [0.1, 0.15) is 24.2 Å². The fourth-order valence-corrected chi connectivity index (χ4v) is 2.29. The van der Waals surface area contributed by atoms with E-state index in [-0.39, 0.29) is 6.42 Å². The number of rotatable bonds is 14. The molecule has 0 saturated carbocycles. The first-order valence-corrected chi connectivity index (χ1v) is 9.79. The Morgan fingerprint density at radius 3 is 1.55 bits per heavy atom. The fraction of sp³-hybridized carbons (Fsp3) is 0.611. The molecular formula is C18H29N5O10. The predicted molar refractivity (Wildman–Crippen MR) is 109 cm³/mol. The SMILES string of the molecule is CC(N)C(=O)NC(CCC(=O)O)C(=O)NC(C)C(=O)NC(C)C(=O)NC(CC(=O)O)C(=O)O. The van der Waals surface area contributed by atoms with Crippen LogP contribution in [0.15, 0.2) is 0 Å². The molecule has 0 aromatic carbocycles. The molecule has 15 heteroatoms. The largest absolute Gasteiger partial charge is 0.481 e. The first-order chi connectivity index (χ1) is 15.1. The second-order valence-corrected chi connectivity index (χ2v) is 7.24. The minimum atomic E-state index is -1.71. The molecule has 15 nitrogen and oxygen atoms in total. The highest BCUT2D eigenvalue weighted by atomic mass is 16.4. The molecule has 0 aliphatic rings. The summed E-state index contributed by atoms with van der Waals surface area (Å²) in [6, 6.07) is -6.49. The Morgan fingerprint density at radius 1 is 0.667 bits per heavy atom. The van der Waals surface area contributed by atoms with Gasteiger partial charge in [-0.25, -0.2) is 4.79 Å². The zero-order valence-electron chi connectivity index (χ0n) is 18.3. The Balaban J connectivity index is 5.02. The Hall–Kier alpha value is -3.75. The Labute approximate surface area is 188 Å². The number of amides is 4. The third-order valence-electron chi connectivity index (χ3n) is 4.19. The monoisotopic (exact) mass is 475 g/mol. The third-order valence-corrected chi connectivity index (χ3v) is 4.19. The van der Waals surface area contributed by atoms with Crippen molar-refractivity contribution in [3.05, 3.63) is 0 Å². The van der Waals surface area contributed by atoms with E-state index in [0.717, 1.165) is 0 Å². The summed E-state index contributed by atoms with van der Waals surface area (Å²) in [5.74, 6) is -7.65. The number of carboxylic acid groups (broad SMARTS) is 3. The van der Waals surface area contributed by atoms with Crippen LogP contribution in [0.1, 0.15) is 40.0 Å². The lowest BCUT2D eigenvalue weighted by atomic mass is 10.1. The Kier molecular flexibility index (Phi) is 12.1. The maximum atomic E-state index is 12.4. The van der Waals surface area contributed by atoms with Gasteiger partial charge >= 0.3 is 17.9 Å². The number of hydrogen-bond donors (Lipinski definition) is 8. The summed E-state index contributed by atoms with van der Waals surface area (Å²) in [4.78, 5) is 81.1. The topological polar surface area (TPSA) is 254 Å². The van der Waals surface area contributed by atoms with E-state index in [2.05, 4.69) is 16.0 Å². The third kappa shape index (κ3) is 11.4. The lowest BCUT2D eigenvalue weighted by molar-refractivity contribution is -0.147.